The Hall–Kier alpha value is -4.93. The van der Waals surface area contributed by atoms with Crippen molar-refractivity contribution in [2.24, 2.45) is 5.41 Å². The number of carbonyl (C=O) groups excluding carboxylic acids is 2. The van der Waals surface area contributed by atoms with E-state index in [9.17, 15) is 33.2 Å². The molecule has 0 spiro atoms. The van der Waals surface area contributed by atoms with E-state index in [2.05, 4.69) is 5.32 Å². The standard InChI is InChI=1S/C32H37N3O12S/c1-22(36)27(18-23-8-5-4-6-9-23)33-30(37)47-34(48(41,42)26-14-15-28-29(19-26)45-21-44-28)20-32(2,3)16-7-17-43-31(38)46-25-12-10-24(11-13-25)35(39)40/h4-6,8-15,19,22,27,36H,7,16-18,20-21H2,1-3H3,(H,33,37). The van der Waals surface area contributed by atoms with Gasteiger partial charge in [0.2, 0.25) is 6.79 Å². The summed E-state index contributed by atoms with van der Waals surface area (Å²) in [5.74, 6) is 0.647. The van der Waals surface area contributed by atoms with Gasteiger partial charge in [0.15, 0.2) is 11.5 Å². The van der Waals surface area contributed by atoms with Gasteiger partial charge < -0.3 is 34.2 Å². The third-order valence-electron chi connectivity index (χ3n) is 7.30. The van der Waals surface area contributed by atoms with E-state index in [0.717, 1.165) is 5.56 Å². The van der Waals surface area contributed by atoms with Crippen LogP contribution in [0.5, 0.6) is 17.2 Å². The third kappa shape index (κ3) is 10.0. The Balaban J connectivity index is 1.41. The maximum absolute atomic E-state index is 13.9. The van der Waals surface area contributed by atoms with Gasteiger partial charge in [-0.25, -0.2) is 18.0 Å². The van der Waals surface area contributed by atoms with Gasteiger partial charge in [-0.1, -0.05) is 44.2 Å². The summed E-state index contributed by atoms with van der Waals surface area (Å²) in [6.07, 6.45) is -2.22. The number of nitro groups is 1. The minimum atomic E-state index is -4.45. The van der Waals surface area contributed by atoms with E-state index in [0.29, 0.717) is 16.6 Å². The van der Waals surface area contributed by atoms with Crippen LogP contribution in [0.4, 0.5) is 15.3 Å². The molecule has 2 atom stereocenters. The van der Waals surface area contributed by atoms with Gasteiger partial charge in [0.05, 0.1) is 35.1 Å². The van der Waals surface area contributed by atoms with Crippen LogP contribution in [0.3, 0.4) is 0 Å². The first-order valence-corrected chi connectivity index (χ1v) is 16.4. The molecule has 0 fully saturated rings. The minimum Gasteiger partial charge on any atom is -0.454 e. The van der Waals surface area contributed by atoms with Crippen molar-refractivity contribution in [3.05, 3.63) is 88.5 Å². The molecular formula is C32H37N3O12S. The maximum atomic E-state index is 13.9. The molecule has 0 radical (unpaired) electrons. The highest BCUT2D eigenvalue weighted by Gasteiger charge is 2.36. The Morgan fingerprint density at radius 2 is 1.75 bits per heavy atom. The van der Waals surface area contributed by atoms with Crippen LogP contribution in [0.25, 0.3) is 0 Å². The molecule has 1 aliphatic rings. The molecule has 0 saturated carbocycles. The van der Waals surface area contributed by atoms with Crippen LogP contribution >= 0.6 is 0 Å². The first-order chi connectivity index (χ1) is 22.7. The van der Waals surface area contributed by atoms with Gasteiger partial charge in [-0.3, -0.25) is 10.1 Å². The zero-order valence-electron chi connectivity index (χ0n) is 26.6. The fraction of sp³-hybridized carbons (Fsp3) is 0.375. The van der Waals surface area contributed by atoms with Crippen molar-refractivity contribution in [3.63, 3.8) is 0 Å². The van der Waals surface area contributed by atoms with E-state index in [1.807, 2.05) is 30.3 Å². The third-order valence-corrected chi connectivity index (χ3v) is 8.89. The van der Waals surface area contributed by atoms with Gasteiger partial charge in [-0.05, 0) is 65.9 Å². The van der Waals surface area contributed by atoms with Gasteiger partial charge in [0.1, 0.15) is 5.75 Å². The molecule has 0 bridgehead atoms. The second kappa shape index (κ2) is 15.8. The van der Waals surface area contributed by atoms with Crippen LogP contribution in [0.1, 0.15) is 39.2 Å². The molecule has 1 aliphatic heterocycles. The monoisotopic (exact) mass is 687 g/mol. The van der Waals surface area contributed by atoms with E-state index < -0.39 is 44.8 Å². The normalized spacial score (nSPS) is 13.8. The number of carbonyl (C=O) groups is 2. The molecule has 3 aromatic carbocycles. The van der Waals surface area contributed by atoms with Gasteiger partial charge in [-0.15, -0.1) is 0 Å². The Bertz CT molecular complexity index is 1680. The molecule has 4 rings (SSSR count). The fourth-order valence-electron chi connectivity index (χ4n) is 4.70. The molecule has 1 amide bonds. The summed E-state index contributed by atoms with van der Waals surface area (Å²) in [7, 11) is -4.45. The van der Waals surface area contributed by atoms with E-state index in [1.54, 1.807) is 13.8 Å². The number of hydroxylamine groups is 1. The van der Waals surface area contributed by atoms with Crippen LogP contribution in [-0.4, -0.2) is 67.3 Å². The largest absolute Gasteiger partial charge is 0.513 e. The lowest BCUT2D eigenvalue weighted by Crippen LogP contribution is -2.48. The number of hydrogen-bond donors (Lipinski definition) is 2. The summed E-state index contributed by atoms with van der Waals surface area (Å²) < 4.78 is 49.1. The molecule has 2 N–H and O–H groups in total. The molecule has 3 aromatic rings. The SMILES string of the molecule is CC(O)C(Cc1ccccc1)NC(=O)ON(CC(C)(C)CCCOC(=O)Oc1ccc([N+](=O)[O-])cc1)S(=O)(=O)c1ccc2c(c1)OCO2. The lowest BCUT2D eigenvalue weighted by atomic mass is 9.88. The van der Waals surface area contributed by atoms with E-state index in [4.69, 9.17) is 23.8 Å². The zero-order chi connectivity index (χ0) is 34.9. The molecule has 0 aromatic heterocycles. The Kier molecular flexibility index (Phi) is 11.8. The summed E-state index contributed by atoms with van der Waals surface area (Å²) in [5.41, 5.74) is -0.138. The highest BCUT2D eigenvalue weighted by molar-refractivity contribution is 7.89. The van der Waals surface area contributed by atoms with Crippen molar-refractivity contribution in [3.8, 4) is 17.2 Å². The van der Waals surface area contributed by atoms with E-state index in [1.165, 1.54) is 49.4 Å². The molecule has 48 heavy (non-hydrogen) atoms. The second-order valence-corrected chi connectivity index (χ2v) is 13.6. The average Bonchev–Trinajstić information content (AvgIpc) is 3.51. The number of sulfonamides is 1. The molecule has 0 aliphatic carbocycles. The lowest BCUT2D eigenvalue weighted by Gasteiger charge is -2.31. The Labute approximate surface area is 277 Å². The van der Waals surface area contributed by atoms with Crippen LogP contribution in [0, 0.1) is 15.5 Å². The molecule has 258 valence electrons. The number of non-ortho nitro benzene ring substituents is 1. The minimum absolute atomic E-state index is 0.0623. The Morgan fingerprint density at radius 1 is 1.06 bits per heavy atom. The number of amides is 1. The van der Waals surface area contributed by atoms with Gasteiger partial charge >= 0.3 is 12.2 Å². The first kappa shape index (κ1) is 35.9. The highest BCUT2D eigenvalue weighted by atomic mass is 32.2. The fourth-order valence-corrected chi connectivity index (χ4v) is 6.11. The van der Waals surface area contributed by atoms with Crippen LogP contribution in [-0.2, 0) is 26.0 Å². The van der Waals surface area contributed by atoms with Gasteiger partial charge in [-0.2, -0.15) is 0 Å². The quantitative estimate of drug-likeness (QED) is 0.0718. The van der Waals surface area contributed by atoms with E-state index >= 15 is 0 Å². The van der Waals surface area contributed by atoms with Crippen molar-refractivity contribution in [1.29, 1.82) is 0 Å². The Morgan fingerprint density at radius 3 is 2.42 bits per heavy atom. The molecule has 1 heterocycles. The smallest absolute Gasteiger partial charge is 0.454 e. The van der Waals surface area contributed by atoms with Crippen molar-refractivity contribution in [2.75, 3.05) is 19.9 Å². The number of aliphatic hydroxyl groups is 1. The number of nitrogens with one attached hydrogen (secondary N) is 1. The van der Waals surface area contributed by atoms with Crippen LogP contribution in [0.2, 0.25) is 0 Å². The summed E-state index contributed by atoms with van der Waals surface area (Å²) in [5, 5.41) is 23.7. The molecular weight excluding hydrogens is 650 g/mol. The number of hydrogen-bond acceptors (Lipinski definition) is 12. The molecule has 2 unspecified atom stereocenters. The summed E-state index contributed by atoms with van der Waals surface area (Å²) in [6.45, 7) is 4.56. The summed E-state index contributed by atoms with van der Waals surface area (Å²) in [6, 6.07) is 17.3. The highest BCUT2D eigenvalue weighted by Crippen LogP contribution is 2.36. The summed E-state index contributed by atoms with van der Waals surface area (Å²) in [4.78, 5) is 40.7. The second-order valence-electron chi connectivity index (χ2n) is 11.8. The number of rotatable bonds is 15. The van der Waals surface area contributed by atoms with Crippen LogP contribution < -0.4 is 19.5 Å². The number of ether oxygens (including phenoxy) is 4. The number of benzene rings is 3. The zero-order valence-corrected chi connectivity index (χ0v) is 27.4. The molecule has 15 nitrogen and oxygen atoms in total. The van der Waals surface area contributed by atoms with Crippen molar-refractivity contribution >= 4 is 28.0 Å². The average molecular weight is 688 g/mol. The predicted octanol–water partition coefficient (Wildman–Crippen LogP) is 4.97. The summed E-state index contributed by atoms with van der Waals surface area (Å²) >= 11 is 0. The van der Waals surface area contributed by atoms with Gasteiger partial charge in [0.25, 0.3) is 15.7 Å². The molecule has 16 heteroatoms. The van der Waals surface area contributed by atoms with Crippen molar-refractivity contribution < 1.29 is 51.8 Å². The first-order valence-electron chi connectivity index (χ1n) is 15.0. The maximum Gasteiger partial charge on any atom is 0.513 e. The number of fused-ring (bicyclic) bond motifs is 1. The van der Waals surface area contributed by atoms with E-state index in [-0.39, 0.29) is 54.9 Å². The topological polar surface area (TPSA) is 193 Å². The predicted molar refractivity (Wildman–Crippen MR) is 170 cm³/mol. The number of nitro benzene ring substituents is 1. The lowest BCUT2D eigenvalue weighted by molar-refractivity contribution is -0.384. The van der Waals surface area contributed by atoms with Crippen molar-refractivity contribution in [2.45, 2.75) is 57.1 Å². The number of nitrogens with zero attached hydrogens (tertiary/aromatic N) is 2. The molecule has 0 saturated heterocycles. The van der Waals surface area contributed by atoms with Crippen molar-refractivity contribution in [1.82, 2.24) is 9.79 Å². The van der Waals surface area contributed by atoms with Crippen LogP contribution in [0.15, 0.2) is 77.7 Å². The van der Waals surface area contributed by atoms with Gasteiger partial charge in [0, 0.05) is 18.2 Å². The number of aliphatic hydroxyl groups excluding tert-OH is 1.